The van der Waals surface area contributed by atoms with E-state index in [1.807, 2.05) is 14.0 Å². The molecule has 0 spiro atoms. The lowest BCUT2D eigenvalue weighted by atomic mass is 9.98. The molecule has 4 heteroatoms. The van der Waals surface area contributed by atoms with Crippen LogP contribution in [0, 0.1) is 17.2 Å². The van der Waals surface area contributed by atoms with Crippen LogP contribution in [0.3, 0.4) is 0 Å². The van der Waals surface area contributed by atoms with Crippen molar-refractivity contribution in [3.05, 3.63) is 0 Å². The molecule has 1 heterocycles. The van der Waals surface area contributed by atoms with E-state index < -0.39 is 5.54 Å². The maximum absolute atomic E-state index is 8.94. The fourth-order valence-electron chi connectivity index (χ4n) is 1.73. The summed E-state index contributed by atoms with van der Waals surface area (Å²) >= 11 is 0. The van der Waals surface area contributed by atoms with Crippen LogP contribution < -0.4 is 5.32 Å². The number of ether oxygens (including phenoxy) is 2. The van der Waals surface area contributed by atoms with E-state index in [-0.39, 0.29) is 0 Å². The Morgan fingerprint density at radius 3 is 3.00 bits per heavy atom. The van der Waals surface area contributed by atoms with Crippen molar-refractivity contribution in [2.45, 2.75) is 31.7 Å². The van der Waals surface area contributed by atoms with Gasteiger partial charge in [0.1, 0.15) is 5.54 Å². The zero-order chi connectivity index (χ0) is 11.9. The Kier molecular flexibility index (Phi) is 5.75. The molecule has 0 aliphatic carbocycles. The van der Waals surface area contributed by atoms with E-state index in [1.165, 1.54) is 0 Å². The molecule has 4 nitrogen and oxygen atoms in total. The Labute approximate surface area is 97.9 Å². The van der Waals surface area contributed by atoms with Crippen LogP contribution in [0.1, 0.15) is 26.2 Å². The summed E-state index contributed by atoms with van der Waals surface area (Å²) in [4.78, 5) is 0. The minimum Gasteiger partial charge on any atom is -0.381 e. The number of nitrogens with zero attached hydrogens (tertiary/aromatic N) is 1. The highest BCUT2D eigenvalue weighted by molar-refractivity contribution is 5.02. The van der Waals surface area contributed by atoms with Gasteiger partial charge in [-0.15, -0.1) is 0 Å². The fraction of sp³-hybridized carbons (Fsp3) is 0.917. The van der Waals surface area contributed by atoms with E-state index in [9.17, 15) is 0 Å². The molecule has 1 N–H and O–H groups in total. The molecule has 1 saturated heterocycles. The molecule has 1 fully saturated rings. The van der Waals surface area contributed by atoms with Crippen molar-refractivity contribution in [1.82, 2.24) is 5.32 Å². The summed E-state index contributed by atoms with van der Waals surface area (Å²) in [6.45, 7) is 5.16. The minimum absolute atomic E-state index is 0.417. The van der Waals surface area contributed by atoms with Gasteiger partial charge in [-0.2, -0.15) is 5.26 Å². The second-order valence-electron chi connectivity index (χ2n) is 4.60. The van der Waals surface area contributed by atoms with E-state index in [2.05, 4.69) is 11.4 Å². The van der Waals surface area contributed by atoms with Crippen LogP contribution in [0.4, 0.5) is 0 Å². The number of rotatable bonds is 7. The van der Waals surface area contributed by atoms with Gasteiger partial charge >= 0.3 is 0 Å². The lowest BCUT2D eigenvalue weighted by molar-refractivity contribution is 0.0851. The number of nitrogens with one attached hydrogen (secondary N) is 1. The Bertz CT molecular complexity index is 234. The van der Waals surface area contributed by atoms with E-state index in [4.69, 9.17) is 14.7 Å². The van der Waals surface area contributed by atoms with Crippen molar-refractivity contribution in [2.75, 3.05) is 33.5 Å². The highest BCUT2D eigenvalue weighted by Gasteiger charge is 2.20. The minimum atomic E-state index is -0.417. The third kappa shape index (κ3) is 4.48. The summed E-state index contributed by atoms with van der Waals surface area (Å²) in [5.74, 6) is 0.576. The first kappa shape index (κ1) is 13.4. The smallest absolute Gasteiger partial charge is 0.103 e. The van der Waals surface area contributed by atoms with Crippen LogP contribution in [-0.4, -0.2) is 39.0 Å². The van der Waals surface area contributed by atoms with Gasteiger partial charge in [-0.3, -0.25) is 0 Å². The van der Waals surface area contributed by atoms with Crippen LogP contribution in [0.5, 0.6) is 0 Å². The SMILES string of the molecule is CNC(C)(C#N)CCCOCC1CCOC1. The summed E-state index contributed by atoms with van der Waals surface area (Å²) in [7, 11) is 1.82. The number of hydrogen-bond donors (Lipinski definition) is 1. The summed E-state index contributed by atoms with van der Waals surface area (Å²) in [6, 6.07) is 2.27. The standard InChI is InChI=1S/C12H22N2O2/c1-12(10-13,14-2)5-3-6-15-8-11-4-7-16-9-11/h11,14H,3-9H2,1-2H3. The van der Waals surface area contributed by atoms with Crippen molar-refractivity contribution < 1.29 is 9.47 Å². The molecular formula is C12H22N2O2. The lowest BCUT2D eigenvalue weighted by Crippen LogP contribution is -2.38. The average molecular weight is 226 g/mol. The first-order valence-electron chi connectivity index (χ1n) is 5.96. The van der Waals surface area contributed by atoms with Crippen molar-refractivity contribution in [3.63, 3.8) is 0 Å². The van der Waals surface area contributed by atoms with Gasteiger partial charge in [0.05, 0.1) is 19.3 Å². The number of nitriles is 1. The summed E-state index contributed by atoms with van der Waals surface area (Å²) in [6.07, 6.45) is 2.85. The van der Waals surface area contributed by atoms with Crippen LogP contribution >= 0.6 is 0 Å². The Hall–Kier alpha value is -0.630. The maximum atomic E-state index is 8.94. The van der Waals surface area contributed by atoms with E-state index in [1.54, 1.807) is 0 Å². The molecule has 1 aliphatic rings. The molecule has 0 saturated carbocycles. The lowest BCUT2D eigenvalue weighted by Gasteiger charge is -2.20. The van der Waals surface area contributed by atoms with Gasteiger partial charge < -0.3 is 14.8 Å². The zero-order valence-electron chi connectivity index (χ0n) is 10.3. The third-order valence-electron chi connectivity index (χ3n) is 3.14. The predicted molar refractivity (Wildman–Crippen MR) is 62.1 cm³/mol. The molecule has 0 aromatic rings. The Morgan fingerprint density at radius 2 is 2.44 bits per heavy atom. The largest absolute Gasteiger partial charge is 0.381 e. The molecule has 0 amide bonds. The number of hydrogen-bond acceptors (Lipinski definition) is 4. The average Bonchev–Trinajstić information content (AvgIpc) is 2.81. The van der Waals surface area contributed by atoms with Gasteiger partial charge in [0.15, 0.2) is 0 Å². The summed E-state index contributed by atoms with van der Waals surface area (Å²) < 4.78 is 10.9. The second kappa shape index (κ2) is 6.85. The fourth-order valence-corrected chi connectivity index (χ4v) is 1.73. The maximum Gasteiger partial charge on any atom is 0.103 e. The summed E-state index contributed by atoms with van der Waals surface area (Å²) in [5, 5.41) is 12.0. The van der Waals surface area contributed by atoms with Gasteiger partial charge in [0.2, 0.25) is 0 Å². The molecule has 0 aromatic carbocycles. The highest BCUT2D eigenvalue weighted by atomic mass is 16.5. The summed E-state index contributed by atoms with van der Waals surface area (Å²) in [5.41, 5.74) is -0.417. The van der Waals surface area contributed by atoms with Gasteiger partial charge in [-0.25, -0.2) is 0 Å². The topological polar surface area (TPSA) is 54.3 Å². The van der Waals surface area contributed by atoms with Gasteiger partial charge in [0.25, 0.3) is 0 Å². The van der Waals surface area contributed by atoms with E-state index in [0.717, 1.165) is 45.7 Å². The van der Waals surface area contributed by atoms with Crippen LogP contribution in [0.2, 0.25) is 0 Å². The van der Waals surface area contributed by atoms with Gasteiger partial charge in [-0.05, 0) is 33.2 Å². The Morgan fingerprint density at radius 1 is 1.62 bits per heavy atom. The van der Waals surface area contributed by atoms with Crippen LogP contribution in [0.25, 0.3) is 0 Å². The molecule has 92 valence electrons. The molecule has 16 heavy (non-hydrogen) atoms. The third-order valence-corrected chi connectivity index (χ3v) is 3.14. The van der Waals surface area contributed by atoms with Crippen molar-refractivity contribution in [1.29, 1.82) is 5.26 Å². The van der Waals surface area contributed by atoms with Gasteiger partial charge in [0, 0.05) is 19.1 Å². The molecule has 1 aliphatic heterocycles. The van der Waals surface area contributed by atoms with Crippen LogP contribution in [-0.2, 0) is 9.47 Å². The van der Waals surface area contributed by atoms with Gasteiger partial charge in [-0.1, -0.05) is 0 Å². The first-order valence-corrected chi connectivity index (χ1v) is 5.96. The van der Waals surface area contributed by atoms with E-state index >= 15 is 0 Å². The molecular weight excluding hydrogens is 204 g/mol. The predicted octanol–water partition coefficient (Wildman–Crippen LogP) is 1.32. The molecule has 2 unspecified atom stereocenters. The molecule has 0 bridgehead atoms. The van der Waals surface area contributed by atoms with Crippen molar-refractivity contribution >= 4 is 0 Å². The quantitative estimate of drug-likeness (QED) is 0.665. The molecule has 0 radical (unpaired) electrons. The Balaban J connectivity index is 2.01. The second-order valence-corrected chi connectivity index (χ2v) is 4.60. The molecule has 1 rings (SSSR count). The normalized spacial score (nSPS) is 23.9. The van der Waals surface area contributed by atoms with Crippen molar-refractivity contribution in [3.8, 4) is 6.07 Å². The van der Waals surface area contributed by atoms with Crippen molar-refractivity contribution in [2.24, 2.45) is 5.92 Å². The molecule has 2 atom stereocenters. The monoisotopic (exact) mass is 226 g/mol. The molecule has 0 aromatic heterocycles. The zero-order valence-corrected chi connectivity index (χ0v) is 10.3. The highest BCUT2D eigenvalue weighted by Crippen LogP contribution is 2.14. The van der Waals surface area contributed by atoms with Crippen LogP contribution in [0.15, 0.2) is 0 Å². The van der Waals surface area contributed by atoms with E-state index in [0.29, 0.717) is 5.92 Å². The first-order chi connectivity index (χ1) is 7.70.